The quantitative estimate of drug-likeness (QED) is 0.599. The summed E-state index contributed by atoms with van der Waals surface area (Å²) in [6, 6.07) is 8.21. The van der Waals surface area contributed by atoms with Crippen molar-refractivity contribution in [3.05, 3.63) is 46.6 Å². The van der Waals surface area contributed by atoms with E-state index >= 15 is 0 Å². The van der Waals surface area contributed by atoms with E-state index in [0.717, 1.165) is 17.6 Å². The number of fused-ring (bicyclic) bond motifs is 2. The lowest BCUT2D eigenvalue weighted by atomic mass is 10.1. The summed E-state index contributed by atoms with van der Waals surface area (Å²) in [6.07, 6.45) is 3.80. The molecule has 2 aliphatic heterocycles. The average Bonchev–Trinajstić information content (AvgIpc) is 2.56. The van der Waals surface area contributed by atoms with E-state index in [1.807, 2.05) is 30.5 Å². The first-order valence-corrected chi connectivity index (χ1v) is 4.32. The molecule has 2 heterocycles. The minimum absolute atomic E-state index is 0. The zero-order chi connectivity index (χ0) is 8.67. The molecule has 2 nitrogen and oxygen atoms in total. The smallest absolute Gasteiger partial charge is 0.0713 e. The van der Waals surface area contributed by atoms with Gasteiger partial charge in [-0.3, -0.25) is 4.99 Å². The first-order chi connectivity index (χ1) is 6.45. The molecule has 0 fully saturated rings. The Hall–Kier alpha value is -1.41. The number of hydrogen-bond donors (Lipinski definition) is 0. The third kappa shape index (κ3) is 1.19. The van der Waals surface area contributed by atoms with Crippen molar-refractivity contribution in [1.29, 1.82) is 0 Å². The van der Waals surface area contributed by atoms with Crippen LogP contribution in [-0.2, 0) is 0 Å². The third-order valence-electron chi connectivity index (χ3n) is 2.37. The fourth-order valence-corrected chi connectivity index (χ4v) is 1.73. The average molecular weight is 205 g/mol. The summed E-state index contributed by atoms with van der Waals surface area (Å²) in [4.78, 5) is 8.73. The highest BCUT2D eigenvalue weighted by Gasteiger charge is 2.12. The molecular formula is C11H9ClN2. The van der Waals surface area contributed by atoms with Crippen LogP contribution in [0.15, 0.2) is 46.0 Å². The lowest BCUT2D eigenvalue weighted by Crippen LogP contribution is -2.22. The minimum Gasteiger partial charge on any atom is -0.288 e. The Morgan fingerprint density at radius 2 is 2.00 bits per heavy atom. The van der Waals surface area contributed by atoms with Gasteiger partial charge in [-0.1, -0.05) is 18.2 Å². The fraction of sp³-hybridized carbons (Fsp3) is 0.0909. The van der Waals surface area contributed by atoms with Crippen molar-refractivity contribution in [1.82, 2.24) is 0 Å². The standard InChI is InChI=1S/C11H8N2.ClH/c1-2-4-10-8(3-1)9-7-12-6-5-11(9)13-10;/h1-6H,7H2;1H. The zero-order valence-corrected chi connectivity index (χ0v) is 8.29. The van der Waals surface area contributed by atoms with Crippen LogP contribution in [0.2, 0.25) is 0 Å². The first kappa shape index (κ1) is 9.16. The van der Waals surface area contributed by atoms with Crippen molar-refractivity contribution < 1.29 is 0 Å². The number of nitrogens with zero attached hydrogens (tertiary/aromatic N) is 2. The molecule has 0 radical (unpaired) electrons. The molecule has 3 heteroatoms. The summed E-state index contributed by atoms with van der Waals surface area (Å²) < 4.78 is 0. The summed E-state index contributed by atoms with van der Waals surface area (Å²) in [5, 5.41) is 2.32. The number of halogens is 1. The van der Waals surface area contributed by atoms with E-state index in [4.69, 9.17) is 0 Å². The van der Waals surface area contributed by atoms with Crippen LogP contribution in [0.3, 0.4) is 0 Å². The van der Waals surface area contributed by atoms with Gasteiger partial charge in [0.25, 0.3) is 0 Å². The monoisotopic (exact) mass is 204 g/mol. The van der Waals surface area contributed by atoms with Crippen LogP contribution in [0.1, 0.15) is 0 Å². The van der Waals surface area contributed by atoms with Gasteiger partial charge in [0.2, 0.25) is 0 Å². The molecule has 0 aromatic heterocycles. The van der Waals surface area contributed by atoms with Crippen molar-refractivity contribution in [3.63, 3.8) is 0 Å². The Bertz CT molecular complexity index is 541. The highest BCUT2D eigenvalue weighted by atomic mass is 35.5. The maximum atomic E-state index is 4.51. The van der Waals surface area contributed by atoms with Crippen LogP contribution in [0.4, 0.5) is 0 Å². The van der Waals surface area contributed by atoms with E-state index in [-0.39, 0.29) is 12.4 Å². The van der Waals surface area contributed by atoms with Crippen molar-refractivity contribution >= 4 is 24.2 Å². The molecule has 0 N–H and O–H groups in total. The molecule has 0 spiro atoms. The molecule has 1 aromatic carbocycles. The van der Waals surface area contributed by atoms with Gasteiger partial charge < -0.3 is 0 Å². The Labute approximate surface area is 87.8 Å². The maximum Gasteiger partial charge on any atom is 0.0713 e. The van der Waals surface area contributed by atoms with E-state index in [9.17, 15) is 0 Å². The molecule has 0 bridgehead atoms. The predicted molar refractivity (Wildman–Crippen MR) is 59.3 cm³/mol. The third-order valence-corrected chi connectivity index (χ3v) is 2.37. The van der Waals surface area contributed by atoms with E-state index in [1.165, 1.54) is 10.8 Å². The summed E-state index contributed by atoms with van der Waals surface area (Å²) in [6.45, 7) is 0.770. The highest BCUT2D eigenvalue weighted by Crippen LogP contribution is 2.15. The van der Waals surface area contributed by atoms with Gasteiger partial charge in [-0.25, -0.2) is 4.99 Å². The van der Waals surface area contributed by atoms with Crippen LogP contribution >= 0.6 is 12.4 Å². The maximum absolute atomic E-state index is 4.51. The Morgan fingerprint density at radius 1 is 1.14 bits per heavy atom. The van der Waals surface area contributed by atoms with Crippen molar-refractivity contribution in [2.24, 2.45) is 9.98 Å². The largest absolute Gasteiger partial charge is 0.288 e. The second-order valence-electron chi connectivity index (χ2n) is 3.15. The van der Waals surface area contributed by atoms with Gasteiger partial charge in [0.15, 0.2) is 0 Å². The van der Waals surface area contributed by atoms with Crippen molar-refractivity contribution in [2.45, 2.75) is 0 Å². The molecule has 0 amide bonds. The van der Waals surface area contributed by atoms with Crippen LogP contribution in [-0.4, -0.2) is 12.8 Å². The van der Waals surface area contributed by atoms with Gasteiger partial charge in [0.1, 0.15) is 0 Å². The highest BCUT2D eigenvalue weighted by molar-refractivity contribution is 5.85. The number of benzene rings is 1. The van der Waals surface area contributed by atoms with Crippen LogP contribution in [0.25, 0.3) is 5.57 Å². The number of allylic oxidation sites excluding steroid dienone is 1. The normalized spacial score (nSPS) is 16.3. The molecule has 14 heavy (non-hydrogen) atoms. The molecule has 0 aliphatic carbocycles. The van der Waals surface area contributed by atoms with Gasteiger partial charge in [0.05, 0.1) is 17.6 Å². The van der Waals surface area contributed by atoms with Crippen LogP contribution < -0.4 is 10.6 Å². The van der Waals surface area contributed by atoms with Crippen LogP contribution in [0, 0.1) is 0 Å². The van der Waals surface area contributed by atoms with Gasteiger partial charge in [0, 0.05) is 17.0 Å². The van der Waals surface area contributed by atoms with E-state index in [0.29, 0.717) is 0 Å². The Balaban J connectivity index is 0.000000750. The number of rotatable bonds is 0. The van der Waals surface area contributed by atoms with Crippen molar-refractivity contribution in [3.8, 4) is 0 Å². The number of aliphatic imine (C=N–C) groups is 1. The Morgan fingerprint density at radius 3 is 2.93 bits per heavy atom. The second-order valence-corrected chi connectivity index (χ2v) is 3.15. The molecule has 1 aromatic rings. The summed E-state index contributed by atoms with van der Waals surface area (Å²) in [5.74, 6) is 0. The molecule has 0 atom stereocenters. The predicted octanol–water partition coefficient (Wildman–Crippen LogP) is 0.861. The first-order valence-electron chi connectivity index (χ1n) is 4.32. The minimum atomic E-state index is 0. The molecule has 0 saturated carbocycles. The lowest BCUT2D eigenvalue weighted by Gasteiger charge is -2.02. The van der Waals surface area contributed by atoms with Gasteiger partial charge in [-0.05, 0) is 12.1 Å². The number of hydrogen-bond acceptors (Lipinski definition) is 2. The van der Waals surface area contributed by atoms with E-state index in [1.54, 1.807) is 0 Å². The number of para-hydroxylation sites is 1. The lowest BCUT2D eigenvalue weighted by molar-refractivity contribution is 1.22. The summed E-state index contributed by atoms with van der Waals surface area (Å²) >= 11 is 0. The summed E-state index contributed by atoms with van der Waals surface area (Å²) in [7, 11) is 0. The zero-order valence-electron chi connectivity index (χ0n) is 7.47. The molecule has 70 valence electrons. The molecular weight excluding hydrogens is 196 g/mol. The molecule has 2 aliphatic rings. The SMILES string of the molecule is C1=NCC2=c3ccccc3=NC2=C1.Cl. The molecule has 0 saturated heterocycles. The topological polar surface area (TPSA) is 24.7 Å². The van der Waals surface area contributed by atoms with Crippen molar-refractivity contribution in [2.75, 3.05) is 6.54 Å². The van der Waals surface area contributed by atoms with E-state index < -0.39 is 0 Å². The van der Waals surface area contributed by atoms with E-state index in [2.05, 4.69) is 16.1 Å². The van der Waals surface area contributed by atoms with Gasteiger partial charge in [-0.15, -0.1) is 12.4 Å². The Kier molecular flexibility index (Phi) is 2.22. The van der Waals surface area contributed by atoms with Gasteiger partial charge in [-0.2, -0.15) is 0 Å². The summed E-state index contributed by atoms with van der Waals surface area (Å²) in [5.41, 5.74) is 2.34. The van der Waals surface area contributed by atoms with Gasteiger partial charge >= 0.3 is 0 Å². The second kappa shape index (κ2) is 3.39. The molecule has 0 unspecified atom stereocenters. The molecule has 3 rings (SSSR count). The van der Waals surface area contributed by atoms with Crippen LogP contribution in [0.5, 0.6) is 0 Å². The fourth-order valence-electron chi connectivity index (χ4n) is 1.73. The number of dihydropyridines is 1.